The summed E-state index contributed by atoms with van der Waals surface area (Å²) in [6.45, 7) is 0. The molecule has 1 rings (SSSR count). The van der Waals surface area contributed by atoms with Crippen molar-refractivity contribution >= 4 is 5.69 Å². The molecule has 4 nitrogen and oxygen atoms in total. The van der Waals surface area contributed by atoms with Gasteiger partial charge in [0.05, 0.1) is 0 Å². The first-order chi connectivity index (χ1) is 6.07. The molecule has 0 aliphatic carbocycles. The van der Waals surface area contributed by atoms with Gasteiger partial charge in [-0.1, -0.05) is 0 Å². The van der Waals surface area contributed by atoms with Gasteiger partial charge in [0.2, 0.25) is 5.43 Å². The Kier molecular flexibility index (Phi) is 2.28. The molecule has 6 heteroatoms. The third-order valence-electron chi connectivity index (χ3n) is 1.49. The number of rotatable bonds is 1. The number of aromatic amines is 1. The number of H-pyrrole nitrogens is 1. The van der Waals surface area contributed by atoms with Gasteiger partial charge in [0.25, 0.3) is 6.43 Å². The van der Waals surface area contributed by atoms with Crippen LogP contribution in [0.1, 0.15) is 17.7 Å². The summed E-state index contributed by atoms with van der Waals surface area (Å²) < 4.78 is 24.2. The van der Waals surface area contributed by atoms with Crippen molar-refractivity contribution in [1.82, 2.24) is 4.98 Å². The fourth-order valence-electron chi connectivity index (χ4n) is 0.824. The molecule has 0 unspecified atom stereocenters. The topological polar surface area (TPSA) is 82.7 Å². The lowest BCUT2D eigenvalue weighted by atomic mass is 10.2. The number of nitriles is 1. The van der Waals surface area contributed by atoms with E-state index in [-0.39, 0.29) is 5.56 Å². The summed E-state index contributed by atoms with van der Waals surface area (Å²) in [6, 6.07) is 1.53. The Hall–Kier alpha value is -1.90. The normalized spacial score (nSPS) is 10.0. The van der Waals surface area contributed by atoms with Crippen molar-refractivity contribution in [3.05, 3.63) is 27.7 Å². The van der Waals surface area contributed by atoms with Crippen LogP contribution < -0.4 is 11.2 Å². The summed E-state index contributed by atoms with van der Waals surface area (Å²) in [5, 5.41) is 8.36. The first-order valence-electron chi connectivity index (χ1n) is 3.27. The molecule has 3 N–H and O–H groups in total. The highest BCUT2D eigenvalue weighted by molar-refractivity contribution is 5.48. The van der Waals surface area contributed by atoms with Crippen molar-refractivity contribution in [2.24, 2.45) is 0 Å². The Balaban J connectivity index is 3.43. The van der Waals surface area contributed by atoms with Gasteiger partial charge in [0, 0.05) is 6.20 Å². The van der Waals surface area contributed by atoms with E-state index in [4.69, 9.17) is 11.0 Å². The van der Waals surface area contributed by atoms with Gasteiger partial charge in [-0.25, -0.2) is 8.78 Å². The predicted octanol–water partition coefficient (Wildman–Crippen LogP) is 0.766. The van der Waals surface area contributed by atoms with E-state index >= 15 is 0 Å². The molecule has 0 amide bonds. The number of alkyl halides is 2. The number of nitrogen functional groups attached to an aromatic ring is 1. The molecule has 0 fully saturated rings. The Bertz CT molecular complexity index is 419. The number of hydrogen-bond acceptors (Lipinski definition) is 3. The maximum atomic E-state index is 12.1. The van der Waals surface area contributed by atoms with E-state index in [1.807, 2.05) is 0 Å². The summed E-state index contributed by atoms with van der Waals surface area (Å²) >= 11 is 0. The van der Waals surface area contributed by atoms with Crippen molar-refractivity contribution in [2.75, 3.05) is 5.73 Å². The Labute approximate surface area is 71.6 Å². The molecule has 0 saturated carbocycles. The van der Waals surface area contributed by atoms with Crippen LogP contribution >= 0.6 is 0 Å². The van der Waals surface area contributed by atoms with E-state index in [0.717, 1.165) is 6.20 Å². The van der Waals surface area contributed by atoms with E-state index < -0.39 is 23.2 Å². The number of halogens is 2. The van der Waals surface area contributed by atoms with E-state index in [9.17, 15) is 13.6 Å². The zero-order valence-corrected chi connectivity index (χ0v) is 6.34. The third kappa shape index (κ3) is 1.49. The zero-order chi connectivity index (χ0) is 10.0. The summed E-state index contributed by atoms with van der Waals surface area (Å²) in [5.41, 5.74) is 2.69. The standard InChI is InChI=1S/C7H5F2N3O/c8-7(9)5-4(11)6(13)3(1-10)2-12-5/h2,7H,11H2,(H,12,13). The maximum Gasteiger partial charge on any atom is 0.280 e. The molecule has 68 valence electrons. The Morgan fingerprint density at radius 2 is 2.23 bits per heavy atom. The Morgan fingerprint density at radius 1 is 1.62 bits per heavy atom. The van der Waals surface area contributed by atoms with E-state index in [1.165, 1.54) is 6.07 Å². The minimum absolute atomic E-state index is 0.276. The molecule has 13 heavy (non-hydrogen) atoms. The van der Waals surface area contributed by atoms with Crippen LogP contribution in [-0.4, -0.2) is 4.98 Å². The van der Waals surface area contributed by atoms with Crippen LogP contribution in [0.25, 0.3) is 0 Å². The summed E-state index contributed by atoms with van der Waals surface area (Å²) in [7, 11) is 0. The lowest BCUT2D eigenvalue weighted by Gasteiger charge is -2.02. The second kappa shape index (κ2) is 3.23. The van der Waals surface area contributed by atoms with Gasteiger partial charge in [-0.15, -0.1) is 0 Å². The fraction of sp³-hybridized carbons (Fsp3) is 0.143. The molecule has 1 heterocycles. The summed E-state index contributed by atoms with van der Waals surface area (Å²) in [5.74, 6) is 0. The van der Waals surface area contributed by atoms with E-state index in [2.05, 4.69) is 4.98 Å². The predicted molar refractivity (Wildman–Crippen MR) is 41.1 cm³/mol. The number of pyridine rings is 1. The molecule has 0 aromatic carbocycles. The number of nitrogens with two attached hydrogens (primary N) is 1. The molecule has 1 aromatic heterocycles. The smallest absolute Gasteiger partial charge is 0.280 e. The minimum Gasteiger partial charge on any atom is -0.394 e. The van der Waals surface area contributed by atoms with Gasteiger partial charge in [-0.05, 0) is 0 Å². The molecule has 0 bridgehead atoms. The van der Waals surface area contributed by atoms with E-state index in [0.29, 0.717) is 0 Å². The van der Waals surface area contributed by atoms with Gasteiger partial charge in [-0.3, -0.25) is 4.79 Å². The van der Waals surface area contributed by atoms with Crippen LogP contribution in [-0.2, 0) is 0 Å². The average Bonchev–Trinajstić information content (AvgIpc) is 2.09. The van der Waals surface area contributed by atoms with Crippen LogP contribution in [0.5, 0.6) is 0 Å². The van der Waals surface area contributed by atoms with Crippen molar-refractivity contribution in [3.8, 4) is 6.07 Å². The number of anilines is 1. The molecule has 0 aliphatic heterocycles. The van der Waals surface area contributed by atoms with Crippen molar-refractivity contribution in [3.63, 3.8) is 0 Å². The van der Waals surface area contributed by atoms with Crippen LogP contribution in [0.4, 0.5) is 14.5 Å². The lowest BCUT2D eigenvalue weighted by Crippen LogP contribution is -2.15. The van der Waals surface area contributed by atoms with Crippen LogP contribution in [0.3, 0.4) is 0 Å². The number of aromatic nitrogens is 1. The molecule has 0 spiro atoms. The third-order valence-corrected chi connectivity index (χ3v) is 1.49. The van der Waals surface area contributed by atoms with Gasteiger partial charge in [0.1, 0.15) is 23.0 Å². The number of nitrogens with one attached hydrogen (secondary N) is 1. The quantitative estimate of drug-likeness (QED) is 0.677. The van der Waals surface area contributed by atoms with Gasteiger partial charge >= 0.3 is 0 Å². The maximum absolute atomic E-state index is 12.1. The second-order valence-electron chi connectivity index (χ2n) is 2.27. The second-order valence-corrected chi connectivity index (χ2v) is 2.27. The molecule has 0 saturated heterocycles. The van der Waals surface area contributed by atoms with Crippen LogP contribution in [0.2, 0.25) is 0 Å². The highest BCUT2D eigenvalue weighted by atomic mass is 19.3. The van der Waals surface area contributed by atoms with Gasteiger partial charge in [-0.2, -0.15) is 5.26 Å². The highest BCUT2D eigenvalue weighted by Gasteiger charge is 2.15. The largest absolute Gasteiger partial charge is 0.394 e. The van der Waals surface area contributed by atoms with Gasteiger partial charge in [0.15, 0.2) is 0 Å². The van der Waals surface area contributed by atoms with Crippen molar-refractivity contribution in [2.45, 2.75) is 6.43 Å². The number of nitrogens with zero attached hydrogens (tertiary/aromatic N) is 1. The molecule has 0 aliphatic rings. The molecular formula is C7H5F2N3O. The molecular weight excluding hydrogens is 180 g/mol. The zero-order valence-electron chi connectivity index (χ0n) is 6.34. The Morgan fingerprint density at radius 3 is 2.69 bits per heavy atom. The fourth-order valence-corrected chi connectivity index (χ4v) is 0.824. The first kappa shape index (κ1) is 9.19. The van der Waals surface area contributed by atoms with Gasteiger partial charge < -0.3 is 10.7 Å². The highest BCUT2D eigenvalue weighted by Crippen LogP contribution is 2.19. The first-order valence-corrected chi connectivity index (χ1v) is 3.27. The van der Waals surface area contributed by atoms with Crippen LogP contribution in [0, 0.1) is 11.3 Å². The van der Waals surface area contributed by atoms with Crippen molar-refractivity contribution < 1.29 is 8.78 Å². The van der Waals surface area contributed by atoms with Crippen LogP contribution in [0.15, 0.2) is 11.0 Å². The van der Waals surface area contributed by atoms with Crippen molar-refractivity contribution in [1.29, 1.82) is 5.26 Å². The van der Waals surface area contributed by atoms with E-state index in [1.54, 1.807) is 0 Å². The summed E-state index contributed by atoms with van der Waals surface area (Å²) in [6.07, 6.45) is -1.93. The number of hydrogen-bond donors (Lipinski definition) is 2. The molecule has 0 radical (unpaired) electrons. The minimum atomic E-state index is -2.85. The summed E-state index contributed by atoms with van der Waals surface area (Å²) in [4.78, 5) is 13.1. The monoisotopic (exact) mass is 185 g/mol. The molecule has 0 atom stereocenters. The molecule has 1 aromatic rings. The SMILES string of the molecule is N#Cc1c[nH]c(C(F)F)c(N)c1=O. The lowest BCUT2D eigenvalue weighted by molar-refractivity contribution is 0.147. The average molecular weight is 185 g/mol.